The third-order valence-electron chi connectivity index (χ3n) is 3.58. The second-order valence-electron chi connectivity index (χ2n) is 5.36. The molecule has 2 aromatic rings. The molecule has 0 radical (unpaired) electrons. The third-order valence-corrected chi connectivity index (χ3v) is 3.58. The van der Waals surface area contributed by atoms with E-state index in [4.69, 9.17) is 19.6 Å². The Morgan fingerprint density at radius 2 is 2.00 bits per heavy atom. The summed E-state index contributed by atoms with van der Waals surface area (Å²) in [5.74, 6) is 2.17. The molecule has 0 aliphatic rings. The number of amides is 1. The number of methoxy groups -OCH3 is 2. The van der Waals surface area contributed by atoms with Crippen LogP contribution in [0, 0.1) is 0 Å². The second kappa shape index (κ2) is 9.36. The predicted octanol–water partition coefficient (Wildman–Crippen LogP) is 1.65. The van der Waals surface area contributed by atoms with Crippen LogP contribution in [-0.2, 0) is 13.1 Å². The van der Waals surface area contributed by atoms with Crippen LogP contribution in [0.2, 0.25) is 0 Å². The Morgan fingerprint density at radius 3 is 2.62 bits per heavy atom. The number of rotatable bonds is 8. The average molecular weight is 360 g/mol. The highest BCUT2D eigenvalue weighted by atomic mass is 16.5. The number of ether oxygens (including phenoxy) is 2. The second-order valence-corrected chi connectivity index (χ2v) is 5.36. The molecule has 1 amide bonds. The van der Waals surface area contributed by atoms with Gasteiger partial charge in [0.1, 0.15) is 17.3 Å². The summed E-state index contributed by atoms with van der Waals surface area (Å²) in [7, 11) is 3.22. The maximum absolute atomic E-state index is 11.1. The summed E-state index contributed by atoms with van der Waals surface area (Å²) >= 11 is 0. The number of furan rings is 1. The summed E-state index contributed by atoms with van der Waals surface area (Å²) in [5, 5.41) is 6.30. The Kier molecular flexibility index (Phi) is 6.90. The molecule has 2 rings (SSSR count). The van der Waals surface area contributed by atoms with Gasteiger partial charge in [-0.1, -0.05) is 0 Å². The Hall–Kier alpha value is -3.16. The molecular formula is C18H24N4O4. The van der Waals surface area contributed by atoms with Gasteiger partial charge in [-0.15, -0.1) is 0 Å². The lowest BCUT2D eigenvalue weighted by Gasteiger charge is -2.12. The highest BCUT2D eigenvalue weighted by Gasteiger charge is 2.08. The largest absolute Gasteiger partial charge is 0.497 e. The van der Waals surface area contributed by atoms with Crippen LogP contribution in [0.25, 0.3) is 0 Å². The lowest BCUT2D eigenvalue weighted by atomic mass is 10.2. The fourth-order valence-corrected chi connectivity index (χ4v) is 2.26. The van der Waals surface area contributed by atoms with Gasteiger partial charge in [0.15, 0.2) is 11.7 Å². The van der Waals surface area contributed by atoms with Crippen LogP contribution in [0.1, 0.15) is 28.8 Å². The predicted molar refractivity (Wildman–Crippen MR) is 98.4 cm³/mol. The zero-order chi connectivity index (χ0) is 18.9. The lowest BCUT2D eigenvalue weighted by molar-refractivity contribution is 0.0972. The fraction of sp³-hybridized carbons (Fsp3) is 0.333. The Bertz CT molecular complexity index is 770. The van der Waals surface area contributed by atoms with Crippen LogP contribution in [0.5, 0.6) is 11.5 Å². The molecule has 0 aliphatic heterocycles. The Morgan fingerprint density at radius 1 is 1.19 bits per heavy atom. The minimum atomic E-state index is -0.594. The van der Waals surface area contributed by atoms with Gasteiger partial charge in [-0.2, -0.15) is 0 Å². The minimum absolute atomic E-state index is 0.131. The molecule has 26 heavy (non-hydrogen) atoms. The summed E-state index contributed by atoms with van der Waals surface area (Å²) in [6.07, 6.45) is 0. The van der Waals surface area contributed by atoms with Gasteiger partial charge in [0, 0.05) is 18.2 Å². The maximum Gasteiger partial charge on any atom is 0.284 e. The zero-order valence-corrected chi connectivity index (χ0v) is 15.2. The van der Waals surface area contributed by atoms with Crippen LogP contribution in [-0.4, -0.2) is 32.6 Å². The monoisotopic (exact) mass is 360 g/mol. The van der Waals surface area contributed by atoms with Crippen LogP contribution >= 0.6 is 0 Å². The van der Waals surface area contributed by atoms with E-state index in [2.05, 4.69) is 15.6 Å². The highest BCUT2D eigenvalue weighted by molar-refractivity contribution is 5.89. The SMILES string of the molecule is CCNC(=NCc1ccc(OC)cc1OC)NCc1ccc(C(N)=O)o1. The van der Waals surface area contributed by atoms with Crippen molar-refractivity contribution < 1.29 is 18.7 Å². The molecule has 0 fully saturated rings. The van der Waals surface area contributed by atoms with E-state index in [0.717, 1.165) is 11.3 Å². The number of hydrogen-bond donors (Lipinski definition) is 3. The molecule has 0 unspecified atom stereocenters. The molecule has 8 nitrogen and oxygen atoms in total. The van der Waals surface area contributed by atoms with Crippen molar-refractivity contribution in [3.05, 3.63) is 47.4 Å². The van der Waals surface area contributed by atoms with Gasteiger partial charge in [0.2, 0.25) is 0 Å². The number of hydrogen-bond acceptors (Lipinski definition) is 5. The van der Waals surface area contributed by atoms with Crippen molar-refractivity contribution in [2.45, 2.75) is 20.0 Å². The van der Waals surface area contributed by atoms with Crippen LogP contribution in [0.3, 0.4) is 0 Å². The molecule has 1 heterocycles. The first-order valence-corrected chi connectivity index (χ1v) is 8.19. The third kappa shape index (κ3) is 5.17. The maximum atomic E-state index is 11.1. The summed E-state index contributed by atoms with van der Waals surface area (Å²) in [5.41, 5.74) is 6.11. The molecule has 4 N–H and O–H groups in total. The lowest BCUT2D eigenvalue weighted by Crippen LogP contribution is -2.36. The summed E-state index contributed by atoms with van der Waals surface area (Å²) in [4.78, 5) is 15.6. The van der Waals surface area contributed by atoms with Crippen LogP contribution < -0.4 is 25.8 Å². The standard InChI is InChI=1S/C18H24N4O4/c1-4-20-18(22-11-14-7-8-15(26-14)17(19)23)21-10-12-5-6-13(24-2)9-16(12)25-3/h5-9H,4,10-11H2,1-3H3,(H2,19,23)(H2,20,21,22). The molecule has 1 aromatic heterocycles. The van der Waals surface area contributed by atoms with Crippen molar-refractivity contribution in [2.24, 2.45) is 10.7 Å². The van der Waals surface area contributed by atoms with E-state index in [0.29, 0.717) is 37.1 Å². The zero-order valence-electron chi connectivity index (χ0n) is 15.2. The Labute approximate surface area is 152 Å². The van der Waals surface area contributed by atoms with E-state index in [9.17, 15) is 4.79 Å². The number of guanidine groups is 1. The van der Waals surface area contributed by atoms with E-state index >= 15 is 0 Å². The molecular weight excluding hydrogens is 336 g/mol. The molecule has 0 bridgehead atoms. The van der Waals surface area contributed by atoms with E-state index in [1.54, 1.807) is 26.4 Å². The molecule has 0 spiro atoms. The number of nitrogens with one attached hydrogen (secondary N) is 2. The molecule has 0 saturated heterocycles. The van der Waals surface area contributed by atoms with Gasteiger partial charge in [-0.05, 0) is 31.2 Å². The van der Waals surface area contributed by atoms with Gasteiger partial charge >= 0.3 is 0 Å². The topological polar surface area (TPSA) is 111 Å². The normalized spacial score (nSPS) is 11.1. The van der Waals surface area contributed by atoms with E-state index in [1.165, 1.54) is 0 Å². The van der Waals surface area contributed by atoms with E-state index < -0.39 is 5.91 Å². The molecule has 0 atom stereocenters. The minimum Gasteiger partial charge on any atom is -0.497 e. The number of carbonyl (C=O) groups is 1. The van der Waals surface area contributed by atoms with Crippen molar-refractivity contribution in [1.82, 2.24) is 10.6 Å². The van der Waals surface area contributed by atoms with Crippen molar-refractivity contribution in [3.8, 4) is 11.5 Å². The van der Waals surface area contributed by atoms with Crippen molar-refractivity contribution in [2.75, 3.05) is 20.8 Å². The Balaban J connectivity index is 2.04. The summed E-state index contributed by atoms with van der Waals surface area (Å²) < 4.78 is 15.9. The van der Waals surface area contributed by atoms with E-state index in [1.807, 2.05) is 25.1 Å². The van der Waals surface area contributed by atoms with E-state index in [-0.39, 0.29) is 5.76 Å². The summed E-state index contributed by atoms with van der Waals surface area (Å²) in [6.45, 7) is 3.48. The molecule has 0 saturated carbocycles. The van der Waals surface area contributed by atoms with Crippen LogP contribution in [0.15, 0.2) is 39.7 Å². The first-order valence-electron chi connectivity index (χ1n) is 8.19. The van der Waals surface area contributed by atoms with Crippen molar-refractivity contribution in [3.63, 3.8) is 0 Å². The molecule has 8 heteroatoms. The van der Waals surface area contributed by atoms with Gasteiger partial charge in [0.25, 0.3) is 5.91 Å². The number of nitrogens with two attached hydrogens (primary N) is 1. The van der Waals surface area contributed by atoms with Gasteiger partial charge < -0.3 is 30.3 Å². The quantitative estimate of drug-likeness (QED) is 0.488. The fourth-order valence-electron chi connectivity index (χ4n) is 2.26. The molecule has 0 aliphatic carbocycles. The highest BCUT2D eigenvalue weighted by Crippen LogP contribution is 2.25. The van der Waals surface area contributed by atoms with Gasteiger partial charge in [-0.3, -0.25) is 4.79 Å². The average Bonchev–Trinajstić information content (AvgIpc) is 3.13. The molecule has 140 valence electrons. The summed E-state index contributed by atoms with van der Waals surface area (Å²) in [6, 6.07) is 8.84. The van der Waals surface area contributed by atoms with Crippen molar-refractivity contribution >= 4 is 11.9 Å². The number of nitrogens with zero attached hydrogens (tertiary/aromatic N) is 1. The first-order chi connectivity index (χ1) is 12.6. The number of primary amides is 1. The van der Waals surface area contributed by atoms with Gasteiger partial charge in [-0.25, -0.2) is 4.99 Å². The van der Waals surface area contributed by atoms with Crippen LogP contribution in [0.4, 0.5) is 0 Å². The smallest absolute Gasteiger partial charge is 0.284 e. The van der Waals surface area contributed by atoms with Crippen molar-refractivity contribution in [1.29, 1.82) is 0 Å². The number of aliphatic imine (C=N–C) groups is 1. The van der Waals surface area contributed by atoms with Gasteiger partial charge in [0.05, 0.1) is 27.3 Å². The first kappa shape index (κ1) is 19.2. The molecule has 1 aromatic carbocycles. The number of carbonyl (C=O) groups excluding carboxylic acids is 1. The number of benzene rings is 1.